The van der Waals surface area contributed by atoms with Gasteiger partial charge in [-0.2, -0.15) is 0 Å². The Bertz CT molecular complexity index is 268. The van der Waals surface area contributed by atoms with E-state index in [9.17, 15) is 9.59 Å². The molecule has 0 bridgehead atoms. The zero-order chi connectivity index (χ0) is 16.5. The van der Waals surface area contributed by atoms with Gasteiger partial charge in [-0.15, -0.1) is 0 Å². The van der Waals surface area contributed by atoms with Gasteiger partial charge in [-0.3, -0.25) is 4.79 Å². The van der Waals surface area contributed by atoms with E-state index in [-0.39, 0.29) is 13.2 Å². The molecule has 9 heteroatoms. The number of carbonyl (C=O) groups is 3. The van der Waals surface area contributed by atoms with E-state index in [2.05, 4.69) is 16.0 Å². The highest BCUT2D eigenvalue weighted by atomic mass is 16.6. The Kier molecular flexibility index (Phi) is 16.2. The van der Waals surface area contributed by atoms with Crippen molar-refractivity contribution in [3.8, 4) is 0 Å². The van der Waals surface area contributed by atoms with Crippen LogP contribution in [-0.2, 0) is 19.0 Å². The third kappa shape index (κ3) is 15.9. The Morgan fingerprint density at radius 2 is 1.48 bits per heavy atom. The van der Waals surface area contributed by atoms with Crippen LogP contribution in [0.3, 0.4) is 0 Å². The summed E-state index contributed by atoms with van der Waals surface area (Å²) in [5, 5.41) is 6.88. The van der Waals surface area contributed by atoms with Gasteiger partial charge in [-0.25, -0.2) is 9.59 Å². The number of nitrogens with one attached hydrogen (secondary N) is 3. The molecule has 0 aliphatic carbocycles. The lowest BCUT2D eigenvalue weighted by Crippen LogP contribution is -2.32. The summed E-state index contributed by atoms with van der Waals surface area (Å²) in [6.07, 6.45) is -0.0918. The van der Waals surface area contributed by atoms with Crippen molar-refractivity contribution in [2.24, 2.45) is 0 Å². The van der Waals surface area contributed by atoms with Crippen molar-refractivity contribution < 1.29 is 28.6 Å². The van der Waals surface area contributed by atoms with Gasteiger partial charge in [0.25, 0.3) is 0 Å². The maximum atomic E-state index is 10.9. The topological polar surface area (TPSA) is 115 Å². The van der Waals surface area contributed by atoms with Crippen molar-refractivity contribution in [1.82, 2.24) is 16.0 Å². The van der Waals surface area contributed by atoms with Crippen molar-refractivity contribution in [3.63, 3.8) is 0 Å². The molecular weight excluding hydrogens is 282 g/mol. The summed E-state index contributed by atoms with van der Waals surface area (Å²) in [5.74, 6) is 0. The monoisotopic (exact) mass is 307 g/mol. The molecular formula is C12H25N3O6. The number of amides is 3. The fourth-order valence-electron chi connectivity index (χ4n) is 0.910. The molecule has 124 valence electrons. The number of alkyl carbamates (subject to hydrolysis) is 2. The Balaban J connectivity index is 0. The lowest BCUT2D eigenvalue weighted by molar-refractivity contribution is -0.109. The normalized spacial score (nSPS) is 9.00. The molecule has 0 spiro atoms. The third-order valence-corrected chi connectivity index (χ3v) is 1.88. The second kappa shape index (κ2) is 16.0. The average Bonchev–Trinajstić information content (AvgIpc) is 2.53. The van der Waals surface area contributed by atoms with Gasteiger partial charge in [-0.1, -0.05) is 6.92 Å². The highest BCUT2D eigenvalue weighted by Gasteiger charge is 2.14. The first-order valence-corrected chi connectivity index (χ1v) is 6.47. The average molecular weight is 307 g/mol. The maximum absolute atomic E-state index is 10.9. The molecule has 0 unspecified atom stereocenters. The van der Waals surface area contributed by atoms with Crippen LogP contribution in [0.2, 0.25) is 0 Å². The molecule has 3 N–H and O–H groups in total. The van der Waals surface area contributed by atoms with E-state index in [1.54, 1.807) is 7.05 Å². The Hall–Kier alpha value is -2.03. The van der Waals surface area contributed by atoms with Crippen LogP contribution >= 0.6 is 0 Å². The SMILES string of the molecule is CCCOC(COC(=O)NC)COC(=O)NC.CNC=O. The van der Waals surface area contributed by atoms with E-state index in [0.29, 0.717) is 13.0 Å². The van der Waals surface area contributed by atoms with Gasteiger partial charge in [0.2, 0.25) is 6.41 Å². The zero-order valence-electron chi connectivity index (χ0n) is 12.9. The van der Waals surface area contributed by atoms with Gasteiger partial charge in [0.05, 0.1) is 0 Å². The van der Waals surface area contributed by atoms with Crippen LogP contribution in [0.25, 0.3) is 0 Å². The fraction of sp³-hybridized carbons (Fsp3) is 0.750. The minimum absolute atomic E-state index is 0.0384. The summed E-state index contributed by atoms with van der Waals surface area (Å²) in [6, 6.07) is 0. The molecule has 0 heterocycles. The van der Waals surface area contributed by atoms with Gasteiger partial charge in [0.15, 0.2) is 0 Å². The van der Waals surface area contributed by atoms with Gasteiger partial charge in [-0.05, 0) is 6.42 Å². The highest BCUT2D eigenvalue weighted by Crippen LogP contribution is 1.97. The number of ether oxygens (including phenoxy) is 3. The van der Waals surface area contributed by atoms with E-state index < -0.39 is 18.3 Å². The van der Waals surface area contributed by atoms with E-state index in [1.165, 1.54) is 14.1 Å². The molecule has 21 heavy (non-hydrogen) atoms. The van der Waals surface area contributed by atoms with Gasteiger partial charge in [0.1, 0.15) is 19.3 Å². The minimum Gasteiger partial charge on any atom is -0.447 e. The largest absolute Gasteiger partial charge is 0.447 e. The first-order chi connectivity index (χ1) is 10.0. The predicted molar refractivity (Wildman–Crippen MR) is 76.0 cm³/mol. The summed E-state index contributed by atoms with van der Waals surface area (Å²) in [6.45, 7) is 2.54. The molecule has 3 amide bonds. The van der Waals surface area contributed by atoms with E-state index >= 15 is 0 Å². The smallest absolute Gasteiger partial charge is 0.406 e. The standard InChI is InChI=1S/C10H20N2O5.C2H5NO/c1-4-5-15-8(6-16-9(13)11-2)7-17-10(14)12-3;1-3-2-4/h8H,4-7H2,1-3H3,(H,11,13)(H,12,14);2H,1H3,(H,3,4). The minimum atomic E-state index is -0.546. The summed E-state index contributed by atoms with van der Waals surface area (Å²) >= 11 is 0. The lowest BCUT2D eigenvalue weighted by Gasteiger charge is -2.17. The molecule has 0 aliphatic heterocycles. The van der Waals surface area contributed by atoms with Crippen molar-refractivity contribution in [2.75, 3.05) is 41.0 Å². The Labute approximate surface area is 124 Å². The van der Waals surface area contributed by atoms with Crippen LogP contribution in [0, 0.1) is 0 Å². The van der Waals surface area contributed by atoms with Crippen molar-refractivity contribution in [3.05, 3.63) is 0 Å². The van der Waals surface area contributed by atoms with Gasteiger partial charge in [0, 0.05) is 27.7 Å². The Morgan fingerprint density at radius 3 is 1.76 bits per heavy atom. The number of hydrogen-bond donors (Lipinski definition) is 3. The molecule has 0 atom stereocenters. The van der Waals surface area contributed by atoms with Gasteiger partial charge >= 0.3 is 12.2 Å². The highest BCUT2D eigenvalue weighted by molar-refractivity contribution is 5.67. The quantitative estimate of drug-likeness (QED) is 0.537. The molecule has 0 radical (unpaired) electrons. The molecule has 9 nitrogen and oxygen atoms in total. The summed E-state index contributed by atoms with van der Waals surface area (Å²) < 4.78 is 15.0. The molecule has 0 saturated heterocycles. The molecule has 0 aromatic rings. The summed E-state index contributed by atoms with van der Waals surface area (Å²) in [7, 11) is 4.49. The van der Waals surface area contributed by atoms with Crippen LogP contribution in [0.4, 0.5) is 9.59 Å². The van der Waals surface area contributed by atoms with Gasteiger partial charge < -0.3 is 30.2 Å². The van der Waals surface area contributed by atoms with E-state index in [4.69, 9.17) is 19.0 Å². The Morgan fingerprint density at radius 1 is 1.05 bits per heavy atom. The third-order valence-electron chi connectivity index (χ3n) is 1.88. The number of carbonyl (C=O) groups excluding carboxylic acids is 3. The second-order valence-corrected chi connectivity index (χ2v) is 3.60. The van der Waals surface area contributed by atoms with Crippen molar-refractivity contribution in [1.29, 1.82) is 0 Å². The molecule has 0 aromatic carbocycles. The molecule has 0 aromatic heterocycles. The number of rotatable bonds is 8. The first-order valence-electron chi connectivity index (χ1n) is 6.47. The van der Waals surface area contributed by atoms with Crippen molar-refractivity contribution in [2.45, 2.75) is 19.4 Å². The fourth-order valence-corrected chi connectivity index (χ4v) is 0.910. The molecule has 0 aliphatic rings. The van der Waals surface area contributed by atoms with Crippen molar-refractivity contribution >= 4 is 18.6 Å². The van der Waals surface area contributed by atoms with E-state index in [0.717, 1.165) is 6.42 Å². The van der Waals surface area contributed by atoms with Crippen LogP contribution < -0.4 is 16.0 Å². The summed E-state index contributed by atoms with van der Waals surface area (Å²) in [5.41, 5.74) is 0. The van der Waals surface area contributed by atoms with E-state index in [1.807, 2.05) is 6.92 Å². The lowest BCUT2D eigenvalue weighted by atomic mass is 10.4. The predicted octanol–water partition coefficient (Wildman–Crippen LogP) is -0.144. The molecule has 0 fully saturated rings. The summed E-state index contributed by atoms with van der Waals surface area (Å²) in [4.78, 5) is 30.8. The van der Waals surface area contributed by atoms with Crippen LogP contribution in [-0.4, -0.2) is 65.7 Å². The van der Waals surface area contributed by atoms with Crippen LogP contribution in [0.15, 0.2) is 0 Å². The molecule has 0 saturated carbocycles. The number of hydrogen-bond acceptors (Lipinski definition) is 6. The second-order valence-electron chi connectivity index (χ2n) is 3.60. The first kappa shape index (κ1) is 21.3. The molecule has 0 rings (SSSR count). The van der Waals surface area contributed by atoms with Crippen LogP contribution in [0.1, 0.15) is 13.3 Å². The zero-order valence-corrected chi connectivity index (χ0v) is 12.9. The maximum Gasteiger partial charge on any atom is 0.406 e. The van der Waals surface area contributed by atoms with Crippen LogP contribution in [0.5, 0.6) is 0 Å².